The lowest BCUT2D eigenvalue weighted by atomic mass is 9.83. The number of hydrogen-bond acceptors (Lipinski definition) is 4. The molecule has 0 N–H and O–H groups in total. The zero-order valence-corrected chi connectivity index (χ0v) is 10.8. The Morgan fingerprint density at radius 3 is 2.12 bits per heavy atom. The van der Waals surface area contributed by atoms with Gasteiger partial charge in [0.1, 0.15) is 0 Å². The van der Waals surface area contributed by atoms with Gasteiger partial charge in [0.25, 0.3) is 11.9 Å². The molecule has 0 heterocycles. The van der Waals surface area contributed by atoms with Crippen molar-refractivity contribution in [3.63, 3.8) is 0 Å². The number of carbonyl (C=O) groups is 2. The van der Waals surface area contributed by atoms with Gasteiger partial charge in [-0.1, -0.05) is 20.6 Å². The normalized spacial score (nSPS) is 12.6. The van der Waals surface area contributed by atoms with Crippen LogP contribution in [-0.4, -0.2) is 26.9 Å². The maximum atomic E-state index is 11.6. The Balaban J connectivity index is 4.34. The van der Waals surface area contributed by atoms with Gasteiger partial charge in [0, 0.05) is 0 Å². The average Bonchev–Trinajstić information content (AvgIpc) is 2.17. The topological polar surface area (TPSA) is 52.6 Å². The molecule has 0 bridgehead atoms. The first-order chi connectivity index (χ1) is 7.35. The van der Waals surface area contributed by atoms with E-state index in [2.05, 4.69) is 0 Å². The maximum Gasteiger partial charge on any atom is 0.340 e. The maximum absolute atomic E-state index is 11.6. The summed E-state index contributed by atoms with van der Waals surface area (Å²) < 4.78 is 9.85. The van der Waals surface area contributed by atoms with Crippen LogP contribution in [0.15, 0.2) is 0 Å². The Hall–Kier alpha value is -0.930. The molecule has 0 aliphatic rings. The summed E-state index contributed by atoms with van der Waals surface area (Å²) in [5, 5.41) is 0. The van der Waals surface area contributed by atoms with Gasteiger partial charge in [0.15, 0.2) is 0 Å². The fraction of sp³-hybridized carbons (Fsp3) is 0.800. The van der Waals surface area contributed by atoms with E-state index in [0.717, 1.165) is 0 Å². The molecular weight excluding hydrogens is 206 g/mol. The first-order valence-electron chi connectivity index (χ1n) is 5.69. The van der Waals surface area contributed by atoms with E-state index >= 15 is 0 Å². The second-order valence-corrected chi connectivity index (χ2v) is 4.46. The van der Waals surface area contributed by atoms with Gasteiger partial charge in [0.05, 0.1) is 11.3 Å². The summed E-state index contributed by atoms with van der Waals surface area (Å²) in [4.78, 5) is 23.0. The first-order valence-corrected chi connectivity index (χ1v) is 5.69. The summed E-state index contributed by atoms with van der Waals surface area (Å²) in [7, 11) is 0.721. The fourth-order valence-electron chi connectivity index (χ4n) is 1.54. The third kappa shape index (κ3) is 4.73. The van der Waals surface area contributed by atoms with E-state index in [9.17, 15) is 9.59 Å². The van der Waals surface area contributed by atoms with Crippen LogP contribution in [-0.2, 0) is 18.9 Å². The van der Waals surface area contributed by atoms with Crippen LogP contribution in [0.4, 0.5) is 0 Å². The van der Waals surface area contributed by atoms with Gasteiger partial charge >= 0.3 is 15.0 Å². The Kier molecular flexibility index (Phi) is 6.22. The summed E-state index contributed by atoms with van der Waals surface area (Å²) in [6.07, 6.45) is 0.435. The van der Waals surface area contributed by atoms with E-state index in [4.69, 9.17) is 9.31 Å². The molecule has 0 aromatic rings. The molecule has 0 radical (unpaired) electrons. The standard InChI is InChI=1S/C10H20B2O4/c1-7(8(13)15-11-4)6-10(2,3)9(14)16-12-5/h7,11-12H,6H2,1-5H3. The molecule has 1 unspecified atom stereocenters. The molecule has 0 saturated carbocycles. The summed E-state index contributed by atoms with van der Waals surface area (Å²) in [6, 6.07) is 0. The van der Waals surface area contributed by atoms with Crippen molar-refractivity contribution in [3.05, 3.63) is 0 Å². The highest BCUT2D eigenvalue weighted by Gasteiger charge is 2.33. The van der Waals surface area contributed by atoms with Gasteiger partial charge in [-0.3, -0.25) is 9.59 Å². The second kappa shape index (κ2) is 6.61. The first kappa shape index (κ1) is 15.1. The molecule has 0 aliphatic carbocycles. The lowest BCUT2D eigenvalue weighted by molar-refractivity contribution is -0.147. The summed E-state index contributed by atoms with van der Waals surface area (Å²) in [6.45, 7) is 8.85. The second-order valence-electron chi connectivity index (χ2n) is 4.46. The van der Waals surface area contributed by atoms with Crippen LogP contribution < -0.4 is 0 Å². The molecule has 0 spiro atoms. The summed E-state index contributed by atoms with van der Waals surface area (Å²) in [5.41, 5.74) is -0.651. The van der Waals surface area contributed by atoms with E-state index < -0.39 is 5.41 Å². The lowest BCUT2D eigenvalue weighted by Crippen LogP contribution is -2.32. The van der Waals surface area contributed by atoms with Crippen LogP contribution in [0.2, 0.25) is 13.6 Å². The molecule has 0 aliphatic heterocycles. The third-order valence-corrected chi connectivity index (χ3v) is 2.33. The Labute approximate surface area is 98.6 Å². The van der Waals surface area contributed by atoms with Crippen LogP contribution in [0.5, 0.6) is 0 Å². The minimum atomic E-state index is -0.651. The molecular formula is C10H20B2O4. The van der Waals surface area contributed by atoms with Crippen LogP contribution in [0.1, 0.15) is 27.2 Å². The summed E-state index contributed by atoms with van der Waals surface area (Å²) in [5.74, 6) is -0.828. The van der Waals surface area contributed by atoms with Gasteiger partial charge in [-0.2, -0.15) is 0 Å². The number of rotatable bonds is 6. The van der Waals surface area contributed by atoms with Crippen LogP contribution in [0.25, 0.3) is 0 Å². The minimum Gasteiger partial charge on any atom is -0.540 e. The van der Waals surface area contributed by atoms with Crippen molar-refractivity contribution in [3.8, 4) is 0 Å². The van der Waals surface area contributed by atoms with Crippen molar-refractivity contribution < 1.29 is 18.9 Å². The summed E-state index contributed by atoms with van der Waals surface area (Å²) >= 11 is 0. The van der Waals surface area contributed by atoms with Crippen molar-refractivity contribution in [2.24, 2.45) is 11.3 Å². The van der Waals surface area contributed by atoms with E-state index in [-0.39, 0.29) is 17.9 Å². The fourth-order valence-corrected chi connectivity index (χ4v) is 1.54. The zero-order chi connectivity index (χ0) is 12.8. The SMILES string of the molecule is CBOC(=O)C(C)CC(C)(C)C(=O)OBC. The quantitative estimate of drug-likeness (QED) is 0.632. The van der Waals surface area contributed by atoms with Crippen molar-refractivity contribution in [2.75, 3.05) is 0 Å². The van der Waals surface area contributed by atoms with Gasteiger partial charge in [-0.05, 0) is 20.3 Å². The van der Waals surface area contributed by atoms with Crippen molar-refractivity contribution >= 4 is 26.9 Å². The zero-order valence-electron chi connectivity index (χ0n) is 10.8. The molecule has 0 aromatic carbocycles. The predicted molar refractivity (Wildman–Crippen MR) is 65.8 cm³/mol. The predicted octanol–water partition coefficient (Wildman–Crippen LogP) is 0.924. The van der Waals surface area contributed by atoms with Crippen molar-refractivity contribution in [1.82, 2.24) is 0 Å². The van der Waals surface area contributed by atoms with E-state index in [1.807, 2.05) is 0 Å². The molecule has 0 aromatic heterocycles. The van der Waals surface area contributed by atoms with Crippen LogP contribution in [0.3, 0.4) is 0 Å². The highest BCUT2D eigenvalue weighted by atomic mass is 16.5. The molecule has 1 atom stereocenters. The molecule has 6 heteroatoms. The molecule has 90 valence electrons. The molecule has 4 nitrogen and oxygen atoms in total. The molecule has 16 heavy (non-hydrogen) atoms. The van der Waals surface area contributed by atoms with Gasteiger partial charge in [-0.25, -0.2) is 0 Å². The van der Waals surface area contributed by atoms with Crippen molar-refractivity contribution in [1.29, 1.82) is 0 Å². The Morgan fingerprint density at radius 2 is 1.69 bits per heavy atom. The number of carbonyl (C=O) groups excluding carboxylic acids is 2. The average molecular weight is 226 g/mol. The van der Waals surface area contributed by atoms with Gasteiger partial charge in [0.2, 0.25) is 0 Å². The van der Waals surface area contributed by atoms with Crippen molar-refractivity contribution in [2.45, 2.75) is 40.8 Å². The minimum absolute atomic E-state index is 0.264. The highest BCUT2D eigenvalue weighted by molar-refractivity contribution is 6.29. The van der Waals surface area contributed by atoms with E-state index in [1.165, 1.54) is 0 Å². The highest BCUT2D eigenvalue weighted by Crippen LogP contribution is 2.27. The van der Waals surface area contributed by atoms with E-state index in [1.54, 1.807) is 34.4 Å². The van der Waals surface area contributed by atoms with E-state index in [0.29, 0.717) is 21.4 Å². The molecule has 0 saturated heterocycles. The molecule has 0 rings (SSSR count). The Bertz CT molecular complexity index is 253. The van der Waals surface area contributed by atoms with Crippen LogP contribution in [0, 0.1) is 11.3 Å². The molecule has 0 fully saturated rings. The Morgan fingerprint density at radius 1 is 1.19 bits per heavy atom. The van der Waals surface area contributed by atoms with Gasteiger partial charge < -0.3 is 9.31 Å². The van der Waals surface area contributed by atoms with Gasteiger partial charge in [-0.15, -0.1) is 0 Å². The molecule has 0 amide bonds. The monoisotopic (exact) mass is 226 g/mol. The van der Waals surface area contributed by atoms with Crippen LogP contribution >= 0.6 is 0 Å². The number of hydrogen-bond donors (Lipinski definition) is 0. The largest absolute Gasteiger partial charge is 0.540 e. The third-order valence-electron chi connectivity index (χ3n) is 2.33. The smallest absolute Gasteiger partial charge is 0.340 e. The lowest BCUT2D eigenvalue weighted by Gasteiger charge is -2.25.